The van der Waals surface area contributed by atoms with Gasteiger partial charge in [0.2, 0.25) is 5.91 Å². The van der Waals surface area contributed by atoms with Gasteiger partial charge in [-0.2, -0.15) is 0 Å². The number of nitrogens with one attached hydrogen (secondary N) is 1. The summed E-state index contributed by atoms with van der Waals surface area (Å²) in [6.07, 6.45) is 4.85. The van der Waals surface area contributed by atoms with Crippen molar-refractivity contribution in [3.63, 3.8) is 0 Å². The molecular formula is C20H24N4O3. The van der Waals surface area contributed by atoms with Crippen LogP contribution in [0.5, 0.6) is 0 Å². The minimum absolute atomic E-state index is 0.0170. The number of aliphatic hydroxyl groups is 1. The number of H-pyrrole nitrogens is 1. The zero-order valence-corrected chi connectivity index (χ0v) is 15.2. The molecule has 1 aromatic carbocycles. The standard InChI is InChI=1S/C20H24N4O3/c25-12-14-3-4-15-2-1-7-24(17(15)10-14)20(27)16-5-8-23(9-6-16)18-11-19(26)22-13-21-18/h3-4,10-11,13,16,25H,1-2,5-9,12H2,(H,21,22,26). The first kappa shape index (κ1) is 17.7. The largest absolute Gasteiger partial charge is 0.392 e. The van der Waals surface area contributed by atoms with Crippen molar-refractivity contribution in [3.8, 4) is 0 Å². The first-order valence-electron chi connectivity index (χ1n) is 9.49. The number of carbonyl (C=O) groups is 1. The number of aromatic amines is 1. The summed E-state index contributed by atoms with van der Waals surface area (Å²) in [7, 11) is 0. The molecule has 1 saturated heterocycles. The van der Waals surface area contributed by atoms with E-state index in [1.807, 2.05) is 23.1 Å². The summed E-state index contributed by atoms with van der Waals surface area (Å²) in [6.45, 7) is 2.14. The van der Waals surface area contributed by atoms with Gasteiger partial charge in [-0.25, -0.2) is 4.98 Å². The number of aliphatic hydroxyl groups excluding tert-OH is 1. The summed E-state index contributed by atoms with van der Waals surface area (Å²) in [5.41, 5.74) is 2.81. The minimum atomic E-state index is -0.164. The number of hydrogen-bond acceptors (Lipinski definition) is 5. The van der Waals surface area contributed by atoms with Crippen LogP contribution < -0.4 is 15.4 Å². The number of anilines is 2. The van der Waals surface area contributed by atoms with Gasteiger partial charge in [0.1, 0.15) is 5.82 Å². The second-order valence-corrected chi connectivity index (χ2v) is 7.25. The lowest BCUT2D eigenvalue weighted by Crippen LogP contribution is -2.44. The molecular weight excluding hydrogens is 344 g/mol. The van der Waals surface area contributed by atoms with E-state index in [0.29, 0.717) is 18.9 Å². The SMILES string of the molecule is O=C(C1CCN(c2cc(=O)[nH]cn2)CC1)N1CCCc2ccc(CO)cc21. The second-order valence-electron chi connectivity index (χ2n) is 7.25. The number of amides is 1. The predicted molar refractivity (Wildman–Crippen MR) is 103 cm³/mol. The first-order chi connectivity index (χ1) is 13.2. The van der Waals surface area contributed by atoms with Crippen molar-refractivity contribution in [2.75, 3.05) is 29.4 Å². The summed E-state index contributed by atoms with van der Waals surface area (Å²) in [5.74, 6) is 0.817. The lowest BCUT2D eigenvalue weighted by Gasteiger charge is -2.36. The van der Waals surface area contributed by atoms with Gasteiger partial charge in [-0.05, 0) is 42.9 Å². The molecule has 0 atom stereocenters. The maximum Gasteiger partial charge on any atom is 0.252 e. The van der Waals surface area contributed by atoms with Crippen LogP contribution in [0.4, 0.5) is 11.5 Å². The van der Waals surface area contributed by atoms with Gasteiger partial charge in [0.05, 0.1) is 12.9 Å². The van der Waals surface area contributed by atoms with Crippen molar-refractivity contribution in [1.82, 2.24) is 9.97 Å². The van der Waals surface area contributed by atoms with E-state index in [1.165, 1.54) is 18.0 Å². The Labute approximate surface area is 157 Å². The van der Waals surface area contributed by atoms with E-state index in [2.05, 4.69) is 14.9 Å². The van der Waals surface area contributed by atoms with Crippen molar-refractivity contribution in [2.45, 2.75) is 32.3 Å². The van der Waals surface area contributed by atoms with Crippen LogP contribution in [0.1, 0.15) is 30.4 Å². The van der Waals surface area contributed by atoms with E-state index in [0.717, 1.165) is 43.5 Å². The third kappa shape index (κ3) is 3.60. The summed E-state index contributed by atoms with van der Waals surface area (Å²) in [5, 5.41) is 9.43. The molecule has 2 N–H and O–H groups in total. The second kappa shape index (κ2) is 7.52. The summed E-state index contributed by atoms with van der Waals surface area (Å²) < 4.78 is 0. The van der Waals surface area contributed by atoms with Crippen LogP contribution in [0.3, 0.4) is 0 Å². The molecule has 0 aliphatic carbocycles. The molecule has 1 amide bonds. The third-order valence-electron chi connectivity index (χ3n) is 5.55. The van der Waals surface area contributed by atoms with Gasteiger partial charge < -0.3 is 19.9 Å². The molecule has 142 valence electrons. The lowest BCUT2D eigenvalue weighted by molar-refractivity contribution is -0.123. The molecule has 4 rings (SSSR count). The molecule has 1 fully saturated rings. The molecule has 3 heterocycles. The zero-order valence-electron chi connectivity index (χ0n) is 15.2. The number of benzene rings is 1. The van der Waals surface area contributed by atoms with Crippen LogP contribution >= 0.6 is 0 Å². The molecule has 2 aliphatic heterocycles. The Morgan fingerprint density at radius 1 is 1.22 bits per heavy atom. The van der Waals surface area contributed by atoms with E-state index in [4.69, 9.17) is 0 Å². The van der Waals surface area contributed by atoms with Crippen molar-refractivity contribution in [3.05, 3.63) is 52.1 Å². The number of aryl methyl sites for hydroxylation is 1. The molecule has 7 nitrogen and oxygen atoms in total. The summed E-state index contributed by atoms with van der Waals surface area (Å²) >= 11 is 0. The van der Waals surface area contributed by atoms with E-state index in [-0.39, 0.29) is 24.0 Å². The van der Waals surface area contributed by atoms with Gasteiger partial charge >= 0.3 is 0 Å². The Hall–Kier alpha value is -2.67. The highest BCUT2D eigenvalue weighted by atomic mass is 16.3. The average Bonchev–Trinajstić information content (AvgIpc) is 2.72. The monoisotopic (exact) mass is 368 g/mol. The summed E-state index contributed by atoms with van der Waals surface area (Å²) in [6, 6.07) is 7.41. The Kier molecular flexibility index (Phi) is 4.94. The molecule has 1 aromatic heterocycles. The highest BCUT2D eigenvalue weighted by Gasteiger charge is 2.31. The highest BCUT2D eigenvalue weighted by Crippen LogP contribution is 2.32. The molecule has 0 unspecified atom stereocenters. The molecule has 2 aromatic rings. The maximum atomic E-state index is 13.2. The number of fused-ring (bicyclic) bond motifs is 1. The molecule has 7 heteroatoms. The molecule has 0 spiro atoms. The molecule has 0 bridgehead atoms. The predicted octanol–water partition coefficient (Wildman–Crippen LogP) is 1.46. The highest BCUT2D eigenvalue weighted by molar-refractivity contribution is 5.96. The quantitative estimate of drug-likeness (QED) is 0.856. The van der Waals surface area contributed by atoms with Crippen LogP contribution in [0.15, 0.2) is 35.4 Å². The van der Waals surface area contributed by atoms with Crippen molar-refractivity contribution < 1.29 is 9.90 Å². The van der Waals surface area contributed by atoms with E-state index < -0.39 is 0 Å². The fraction of sp³-hybridized carbons (Fsp3) is 0.450. The van der Waals surface area contributed by atoms with E-state index in [9.17, 15) is 14.7 Å². The van der Waals surface area contributed by atoms with Crippen LogP contribution in [0, 0.1) is 5.92 Å². The molecule has 0 saturated carbocycles. The van der Waals surface area contributed by atoms with Gasteiger partial charge in [0, 0.05) is 37.3 Å². The Morgan fingerprint density at radius 3 is 2.78 bits per heavy atom. The smallest absolute Gasteiger partial charge is 0.252 e. The molecule has 0 radical (unpaired) electrons. The minimum Gasteiger partial charge on any atom is -0.392 e. The van der Waals surface area contributed by atoms with Gasteiger partial charge in [0.15, 0.2) is 0 Å². The number of aromatic nitrogens is 2. The number of carbonyl (C=O) groups excluding carboxylic acids is 1. The maximum absolute atomic E-state index is 13.2. The van der Waals surface area contributed by atoms with Gasteiger partial charge in [0.25, 0.3) is 5.56 Å². The van der Waals surface area contributed by atoms with Gasteiger partial charge in [-0.1, -0.05) is 12.1 Å². The normalized spacial score (nSPS) is 17.7. The molecule has 27 heavy (non-hydrogen) atoms. The van der Waals surface area contributed by atoms with Crippen LogP contribution in [0.25, 0.3) is 0 Å². The topological polar surface area (TPSA) is 89.5 Å². The Morgan fingerprint density at radius 2 is 2.04 bits per heavy atom. The Bertz CT molecular complexity index is 887. The number of nitrogens with zero attached hydrogens (tertiary/aromatic N) is 3. The lowest BCUT2D eigenvalue weighted by atomic mass is 9.92. The third-order valence-corrected chi connectivity index (χ3v) is 5.55. The first-order valence-corrected chi connectivity index (χ1v) is 9.49. The number of hydrogen-bond donors (Lipinski definition) is 2. The van der Waals surface area contributed by atoms with E-state index in [1.54, 1.807) is 0 Å². The fourth-order valence-electron chi connectivity index (χ4n) is 4.05. The average molecular weight is 368 g/mol. The number of piperidine rings is 1. The molecule has 2 aliphatic rings. The van der Waals surface area contributed by atoms with Crippen molar-refractivity contribution >= 4 is 17.4 Å². The van der Waals surface area contributed by atoms with Gasteiger partial charge in [-0.3, -0.25) is 9.59 Å². The van der Waals surface area contributed by atoms with Crippen LogP contribution in [-0.4, -0.2) is 40.6 Å². The van der Waals surface area contributed by atoms with Crippen LogP contribution in [-0.2, 0) is 17.8 Å². The van der Waals surface area contributed by atoms with Crippen LogP contribution in [0.2, 0.25) is 0 Å². The summed E-state index contributed by atoms with van der Waals surface area (Å²) in [4.78, 5) is 35.4. The number of rotatable bonds is 3. The van der Waals surface area contributed by atoms with E-state index >= 15 is 0 Å². The van der Waals surface area contributed by atoms with Gasteiger partial charge in [-0.15, -0.1) is 0 Å². The van der Waals surface area contributed by atoms with Crippen molar-refractivity contribution in [1.29, 1.82) is 0 Å². The fourth-order valence-corrected chi connectivity index (χ4v) is 4.05. The zero-order chi connectivity index (χ0) is 18.8. The Balaban J connectivity index is 1.47. The van der Waals surface area contributed by atoms with Crippen molar-refractivity contribution in [2.24, 2.45) is 5.92 Å².